The van der Waals surface area contributed by atoms with Gasteiger partial charge < -0.3 is 14.6 Å². The van der Waals surface area contributed by atoms with Crippen molar-refractivity contribution in [3.63, 3.8) is 0 Å². The van der Waals surface area contributed by atoms with E-state index in [-0.39, 0.29) is 17.1 Å². The van der Waals surface area contributed by atoms with Crippen LogP contribution in [0.2, 0.25) is 0 Å². The van der Waals surface area contributed by atoms with E-state index in [2.05, 4.69) is 36.6 Å². The number of nitrogens with zero attached hydrogens (tertiary/aromatic N) is 6. The number of benzene rings is 1. The van der Waals surface area contributed by atoms with Crippen LogP contribution in [0.5, 0.6) is 5.88 Å². The number of carbonyl (C=O) groups excluding carboxylic acids is 1. The summed E-state index contributed by atoms with van der Waals surface area (Å²) in [4.78, 5) is 25.5. The van der Waals surface area contributed by atoms with Gasteiger partial charge in [-0.25, -0.2) is 14.5 Å². The van der Waals surface area contributed by atoms with Crippen LogP contribution < -0.4 is 10.1 Å². The third-order valence-electron chi connectivity index (χ3n) is 6.01. The molecule has 0 atom stereocenters. The highest BCUT2D eigenvalue weighted by Gasteiger charge is 2.24. The van der Waals surface area contributed by atoms with Crippen LogP contribution in [0.25, 0.3) is 27.9 Å². The lowest BCUT2D eigenvalue weighted by Gasteiger charge is -2.10. The molecule has 1 N–H and O–H groups in total. The van der Waals surface area contributed by atoms with E-state index in [9.17, 15) is 4.79 Å². The van der Waals surface area contributed by atoms with Crippen molar-refractivity contribution in [1.82, 2.24) is 35.0 Å². The smallest absolute Gasteiger partial charge is 0.292 e. The van der Waals surface area contributed by atoms with E-state index in [4.69, 9.17) is 9.26 Å². The number of rotatable bonds is 6. The fourth-order valence-corrected chi connectivity index (χ4v) is 3.93. The molecule has 4 aromatic heterocycles. The van der Waals surface area contributed by atoms with Gasteiger partial charge in [-0.3, -0.25) is 4.79 Å². The Morgan fingerprint density at radius 2 is 1.92 bits per heavy atom. The predicted octanol–water partition coefficient (Wildman–Crippen LogP) is 4.39. The second kappa shape index (κ2) is 9.45. The molecule has 0 spiro atoms. The summed E-state index contributed by atoms with van der Waals surface area (Å²) in [6.45, 7) is 8.18. The standard InChI is InChI=1S/C27H27N7O3/c1-16-10-18(6-7-19(16)13-29-25(35)24-32-26(37-33-24)27(2,3)4)23-21-11-20(14-34(21)31-15-30-23)17-8-9-28-22(12-17)36-5/h6-12,14-15H,13H2,1-5H3,(H,29,35). The summed E-state index contributed by atoms with van der Waals surface area (Å²) in [5.74, 6) is 0.615. The summed E-state index contributed by atoms with van der Waals surface area (Å²) < 4.78 is 12.3. The Morgan fingerprint density at radius 1 is 1.08 bits per heavy atom. The number of nitrogens with one attached hydrogen (secondary N) is 1. The first kappa shape index (κ1) is 24.1. The number of carbonyl (C=O) groups is 1. The molecule has 5 rings (SSSR count). The molecular weight excluding hydrogens is 470 g/mol. The highest BCUT2D eigenvalue weighted by Crippen LogP contribution is 2.30. The van der Waals surface area contributed by atoms with Crippen LogP contribution in [0, 0.1) is 6.92 Å². The zero-order valence-electron chi connectivity index (χ0n) is 21.3. The Kier molecular flexibility index (Phi) is 6.16. The quantitative estimate of drug-likeness (QED) is 0.367. The lowest BCUT2D eigenvalue weighted by Crippen LogP contribution is -2.24. The van der Waals surface area contributed by atoms with Gasteiger partial charge in [-0.15, -0.1) is 0 Å². The van der Waals surface area contributed by atoms with E-state index in [1.807, 2.05) is 68.7 Å². The molecule has 0 unspecified atom stereocenters. The molecule has 5 aromatic rings. The largest absolute Gasteiger partial charge is 0.481 e. The summed E-state index contributed by atoms with van der Waals surface area (Å²) in [6, 6.07) is 11.9. The average molecular weight is 498 g/mol. The minimum atomic E-state index is -0.381. The average Bonchev–Trinajstić information content (AvgIpc) is 3.56. The van der Waals surface area contributed by atoms with Crippen molar-refractivity contribution in [2.24, 2.45) is 0 Å². The van der Waals surface area contributed by atoms with Crippen molar-refractivity contribution in [2.75, 3.05) is 7.11 Å². The Hall–Kier alpha value is -4.60. The van der Waals surface area contributed by atoms with Gasteiger partial charge in [0.1, 0.15) is 6.33 Å². The first-order valence-corrected chi connectivity index (χ1v) is 11.8. The van der Waals surface area contributed by atoms with Crippen molar-refractivity contribution < 1.29 is 14.1 Å². The van der Waals surface area contributed by atoms with Crippen molar-refractivity contribution in [1.29, 1.82) is 0 Å². The molecule has 0 saturated carbocycles. The maximum Gasteiger partial charge on any atom is 0.292 e. The predicted molar refractivity (Wildman–Crippen MR) is 137 cm³/mol. The van der Waals surface area contributed by atoms with E-state index in [1.165, 1.54) is 0 Å². The lowest BCUT2D eigenvalue weighted by atomic mass is 9.97. The fourth-order valence-electron chi connectivity index (χ4n) is 3.93. The third kappa shape index (κ3) is 4.90. The normalized spacial score (nSPS) is 11.6. The SMILES string of the molecule is COc1cc(-c2cc3c(-c4ccc(CNC(=O)c5noc(C(C)(C)C)n5)c(C)c4)ncnn3c2)ccn1. The minimum Gasteiger partial charge on any atom is -0.481 e. The van der Waals surface area contributed by atoms with Crippen LogP contribution in [0.15, 0.2) is 59.6 Å². The van der Waals surface area contributed by atoms with Crippen LogP contribution in [-0.2, 0) is 12.0 Å². The van der Waals surface area contributed by atoms with Crippen molar-refractivity contribution in [3.8, 4) is 28.3 Å². The summed E-state index contributed by atoms with van der Waals surface area (Å²) in [5.41, 5.74) is 6.26. The maximum atomic E-state index is 12.5. The first-order valence-electron chi connectivity index (χ1n) is 11.8. The van der Waals surface area contributed by atoms with Gasteiger partial charge in [-0.05, 0) is 41.8 Å². The Balaban J connectivity index is 1.37. The number of pyridine rings is 1. The van der Waals surface area contributed by atoms with Gasteiger partial charge in [-0.2, -0.15) is 10.1 Å². The second-order valence-electron chi connectivity index (χ2n) is 9.75. The number of hydrogen-bond acceptors (Lipinski definition) is 8. The Morgan fingerprint density at radius 3 is 2.65 bits per heavy atom. The van der Waals surface area contributed by atoms with Crippen molar-refractivity contribution in [2.45, 2.75) is 39.7 Å². The van der Waals surface area contributed by atoms with Gasteiger partial charge in [0.25, 0.3) is 11.7 Å². The molecule has 0 fully saturated rings. The van der Waals surface area contributed by atoms with E-state index in [1.54, 1.807) is 19.6 Å². The zero-order valence-corrected chi connectivity index (χ0v) is 21.3. The minimum absolute atomic E-state index is 0.0263. The molecule has 0 radical (unpaired) electrons. The number of hydrogen-bond donors (Lipinski definition) is 1. The van der Waals surface area contributed by atoms with E-state index in [0.29, 0.717) is 18.3 Å². The first-order chi connectivity index (χ1) is 17.7. The maximum absolute atomic E-state index is 12.5. The summed E-state index contributed by atoms with van der Waals surface area (Å²) in [6.07, 6.45) is 5.21. The Bertz CT molecular complexity index is 1600. The summed E-state index contributed by atoms with van der Waals surface area (Å²) >= 11 is 0. The third-order valence-corrected chi connectivity index (χ3v) is 6.01. The molecule has 0 aliphatic carbocycles. The van der Waals surface area contributed by atoms with Crippen molar-refractivity contribution in [3.05, 3.63) is 78.0 Å². The van der Waals surface area contributed by atoms with Gasteiger partial charge in [0.05, 0.1) is 18.3 Å². The number of fused-ring (bicyclic) bond motifs is 1. The second-order valence-corrected chi connectivity index (χ2v) is 9.75. The van der Waals surface area contributed by atoms with Crippen molar-refractivity contribution >= 4 is 11.4 Å². The molecule has 4 heterocycles. The van der Waals surface area contributed by atoms with E-state index < -0.39 is 0 Å². The molecule has 0 saturated heterocycles. The molecule has 188 valence electrons. The van der Waals surface area contributed by atoms with Gasteiger partial charge in [0, 0.05) is 41.5 Å². The van der Waals surface area contributed by atoms with Gasteiger partial charge in [0.15, 0.2) is 0 Å². The topological polar surface area (TPSA) is 120 Å². The number of amides is 1. The highest BCUT2D eigenvalue weighted by atomic mass is 16.5. The summed E-state index contributed by atoms with van der Waals surface area (Å²) in [7, 11) is 1.59. The number of aryl methyl sites for hydroxylation is 1. The van der Waals surface area contributed by atoms with Crippen LogP contribution in [-0.4, -0.2) is 42.7 Å². The van der Waals surface area contributed by atoms with Crippen LogP contribution in [0.4, 0.5) is 0 Å². The fraction of sp³-hybridized carbons (Fsp3) is 0.259. The van der Waals surface area contributed by atoms with Crippen LogP contribution in [0.1, 0.15) is 48.4 Å². The molecule has 0 bridgehead atoms. The molecular formula is C27H27N7O3. The molecule has 37 heavy (non-hydrogen) atoms. The van der Waals surface area contributed by atoms with Crippen LogP contribution >= 0.6 is 0 Å². The summed E-state index contributed by atoms with van der Waals surface area (Å²) in [5, 5.41) is 11.1. The monoisotopic (exact) mass is 497 g/mol. The number of methoxy groups -OCH3 is 1. The van der Waals surface area contributed by atoms with E-state index >= 15 is 0 Å². The molecule has 10 nitrogen and oxygen atoms in total. The lowest BCUT2D eigenvalue weighted by molar-refractivity contribution is 0.0937. The highest BCUT2D eigenvalue weighted by molar-refractivity contribution is 5.90. The number of ether oxygens (including phenoxy) is 1. The molecule has 1 aromatic carbocycles. The van der Waals surface area contributed by atoms with Crippen LogP contribution in [0.3, 0.4) is 0 Å². The molecule has 10 heteroatoms. The Labute approximate surface area is 213 Å². The van der Waals surface area contributed by atoms with Gasteiger partial charge >= 0.3 is 0 Å². The van der Waals surface area contributed by atoms with Gasteiger partial charge in [-0.1, -0.05) is 38.1 Å². The zero-order chi connectivity index (χ0) is 26.2. The van der Waals surface area contributed by atoms with E-state index in [0.717, 1.165) is 39.0 Å². The van der Waals surface area contributed by atoms with Gasteiger partial charge in [0.2, 0.25) is 11.8 Å². The molecule has 1 amide bonds. The molecule has 0 aliphatic heterocycles. The molecule has 0 aliphatic rings. The number of aromatic nitrogens is 6.